The van der Waals surface area contributed by atoms with E-state index >= 15 is 0 Å². The fourth-order valence-electron chi connectivity index (χ4n) is 9.54. The predicted octanol–water partition coefficient (Wildman–Crippen LogP) is 12.3. The fraction of sp³-hybridized carbons (Fsp3) is 0.943. The van der Waals surface area contributed by atoms with Gasteiger partial charge in [-0.3, -0.25) is 9.35 Å². The van der Waals surface area contributed by atoms with Crippen LogP contribution in [0.4, 0.5) is 0 Å². The number of nitrogens with one attached hydrogen (secondary N) is 1. The van der Waals surface area contributed by atoms with E-state index in [0.29, 0.717) is 6.42 Å². The molecule has 1 amide bonds. The molecule has 1 heterocycles. The van der Waals surface area contributed by atoms with Crippen molar-refractivity contribution >= 4 is 16.3 Å². The van der Waals surface area contributed by atoms with Crippen LogP contribution in [0.15, 0.2) is 12.2 Å². The summed E-state index contributed by atoms with van der Waals surface area (Å²) in [5.74, 6) is -2.48. The molecule has 0 bridgehead atoms. The lowest BCUT2D eigenvalue weighted by Crippen LogP contribution is -2.85. The number of unbranched alkanes of at least 4 members (excludes halogenated alkanes) is 31. The molecule has 12 nitrogen and oxygen atoms in total. The third-order valence-electron chi connectivity index (χ3n) is 14.9. The average molecular weight is 962 g/mol. The average Bonchev–Trinajstić information content (AvgIpc) is 3.25. The highest BCUT2D eigenvalue weighted by Gasteiger charge is 2.77. The number of ether oxygens (including phenoxy) is 2. The summed E-state index contributed by atoms with van der Waals surface area (Å²) in [6, 6.07) is -1.01. The van der Waals surface area contributed by atoms with Gasteiger partial charge in [-0.25, -0.2) is 4.18 Å². The number of aliphatic hydroxyl groups is 4. The Labute approximate surface area is 404 Å². The van der Waals surface area contributed by atoms with Crippen LogP contribution in [0, 0.1) is 0 Å². The van der Waals surface area contributed by atoms with Gasteiger partial charge in [0.15, 0.2) is 11.4 Å². The Morgan fingerprint density at radius 1 is 0.606 bits per heavy atom. The van der Waals surface area contributed by atoms with Crippen molar-refractivity contribution in [2.75, 3.05) is 13.2 Å². The molecule has 0 aliphatic carbocycles. The summed E-state index contributed by atoms with van der Waals surface area (Å²) in [6.07, 6.45) is 43.6. The molecule has 7 atom stereocenters. The SMILES string of the molecule is CCCCCCCCCCCCCC=CC(O)C(COC1(C)OC(C)(CO)C(C)(O)C(C)(OS(=O)(=O)O)C1(C)O)NC(=O)CCCCCCCCCCCCCCCCCCCCCCC. The molecule has 1 fully saturated rings. The maximum absolute atomic E-state index is 13.3. The van der Waals surface area contributed by atoms with Gasteiger partial charge in [-0.05, 0) is 53.9 Å². The molecular formula is C53H103NO11S. The lowest BCUT2D eigenvalue weighted by molar-refractivity contribution is -0.453. The lowest BCUT2D eigenvalue weighted by Gasteiger charge is -2.65. The molecule has 13 heteroatoms. The molecule has 1 aliphatic heterocycles. The smallest absolute Gasteiger partial charge is 0.393 e. The molecule has 0 aromatic rings. The van der Waals surface area contributed by atoms with Crippen LogP contribution in [0.3, 0.4) is 0 Å². The summed E-state index contributed by atoms with van der Waals surface area (Å²) in [7, 11) is -5.27. The minimum absolute atomic E-state index is 0.252. The van der Waals surface area contributed by atoms with Gasteiger partial charge in [-0.1, -0.05) is 219 Å². The summed E-state index contributed by atoms with van der Waals surface area (Å²) >= 11 is 0. The van der Waals surface area contributed by atoms with Gasteiger partial charge in [-0.2, -0.15) is 8.42 Å². The Bertz CT molecular complexity index is 1380. The molecule has 1 saturated heterocycles. The number of hydrogen-bond acceptors (Lipinski definition) is 10. The number of aliphatic hydroxyl groups excluding tert-OH is 2. The number of hydrogen-bond donors (Lipinski definition) is 6. The van der Waals surface area contributed by atoms with Crippen molar-refractivity contribution < 1.29 is 51.8 Å². The standard InChI is InChI=1S/C53H103NO11S/c1-8-10-12-14-16-18-20-22-23-24-25-26-27-28-29-31-33-35-37-39-41-43-48(57)54-46(47(56)42-40-38-36-34-32-30-21-19-17-15-13-11-9-2)44-63-53(7)51(5,59)52(6,65-66(60,61)62)50(4,58)49(3,45-55)64-53/h40,42,46-47,55-56,58-59H,8-39,41,43-45H2,1-7H3,(H,54,57)(H,60,61,62). The fourth-order valence-corrected chi connectivity index (χ4v) is 10.3. The van der Waals surface area contributed by atoms with Gasteiger partial charge in [0.1, 0.15) is 16.8 Å². The molecule has 0 saturated carbocycles. The topological polar surface area (TPSA) is 192 Å². The summed E-state index contributed by atoms with van der Waals surface area (Å²) in [5.41, 5.74) is -9.44. The summed E-state index contributed by atoms with van der Waals surface area (Å²) in [5, 5.41) is 48.3. The second-order valence-electron chi connectivity index (χ2n) is 20.7. The first-order valence-electron chi connectivity index (χ1n) is 27.0. The summed E-state index contributed by atoms with van der Waals surface area (Å²) in [4.78, 5) is 13.3. The minimum atomic E-state index is -5.27. The number of allylic oxidation sites excluding steroid dienone is 1. The Balaban J connectivity index is 2.68. The van der Waals surface area contributed by atoms with Crippen LogP contribution in [-0.4, -0.2) is 92.9 Å². The van der Waals surface area contributed by atoms with Crippen LogP contribution in [0.5, 0.6) is 0 Å². The second kappa shape index (κ2) is 34.2. The van der Waals surface area contributed by atoms with Gasteiger partial charge in [0.2, 0.25) is 5.91 Å². The maximum atomic E-state index is 13.3. The van der Waals surface area contributed by atoms with Gasteiger partial charge in [0.05, 0.1) is 25.4 Å². The van der Waals surface area contributed by atoms with Crippen molar-refractivity contribution in [3.05, 3.63) is 12.2 Å². The largest absolute Gasteiger partial charge is 0.398 e. The van der Waals surface area contributed by atoms with Crippen molar-refractivity contribution in [3.63, 3.8) is 0 Å². The van der Waals surface area contributed by atoms with Crippen LogP contribution < -0.4 is 5.32 Å². The van der Waals surface area contributed by atoms with Crippen LogP contribution >= 0.6 is 0 Å². The van der Waals surface area contributed by atoms with E-state index in [0.717, 1.165) is 65.7 Å². The first-order valence-corrected chi connectivity index (χ1v) is 28.4. The van der Waals surface area contributed by atoms with Gasteiger partial charge in [0.25, 0.3) is 0 Å². The Kier molecular flexibility index (Phi) is 32.6. The van der Waals surface area contributed by atoms with Gasteiger partial charge in [0, 0.05) is 6.42 Å². The molecule has 1 rings (SSSR count). The zero-order valence-electron chi connectivity index (χ0n) is 43.4. The first kappa shape index (κ1) is 62.9. The van der Waals surface area contributed by atoms with Crippen molar-refractivity contribution in [2.45, 2.75) is 307 Å². The lowest BCUT2D eigenvalue weighted by atomic mass is 9.61. The number of carbonyl (C=O) groups excluding carboxylic acids is 1. The molecule has 0 aromatic carbocycles. The first-order chi connectivity index (χ1) is 31.3. The summed E-state index contributed by atoms with van der Waals surface area (Å²) in [6.45, 7) is 9.14. The Hall–Kier alpha value is -1.16. The van der Waals surface area contributed by atoms with E-state index in [1.54, 1.807) is 6.08 Å². The monoisotopic (exact) mass is 962 g/mol. The van der Waals surface area contributed by atoms with Crippen LogP contribution in [0.25, 0.3) is 0 Å². The summed E-state index contributed by atoms with van der Waals surface area (Å²) < 4.78 is 51.2. The van der Waals surface area contributed by atoms with Crippen LogP contribution in [-0.2, 0) is 28.9 Å². The van der Waals surface area contributed by atoms with Crippen molar-refractivity contribution in [1.29, 1.82) is 0 Å². The maximum Gasteiger partial charge on any atom is 0.398 e. The number of rotatable bonds is 43. The van der Waals surface area contributed by atoms with E-state index in [2.05, 4.69) is 19.2 Å². The molecule has 6 N–H and O–H groups in total. The van der Waals surface area contributed by atoms with E-state index in [9.17, 15) is 38.2 Å². The van der Waals surface area contributed by atoms with E-state index in [1.807, 2.05) is 6.08 Å². The highest BCUT2D eigenvalue weighted by atomic mass is 32.3. The van der Waals surface area contributed by atoms with Crippen molar-refractivity contribution in [3.8, 4) is 0 Å². The second-order valence-corrected chi connectivity index (χ2v) is 21.7. The number of carbonyl (C=O) groups is 1. The molecular weight excluding hydrogens is 859 g/mol. The van der Waals surface area contributed by atoms with Crippen molar-refractivity contribution in [2.24, 2.45) is 0 Å². The predicted molar refractivity (Wildman–Crippen MR) is 269 cm³/mol. The molecule has 0 spiro atoms. The molecule has 66 heavy (non-hydrogen) atoms. The van der Waals surface area contributed by atoms with Gasteiger partial charge in [-0.15, -0.1) is 0 Å². The third kappa shape index (κ3) is 23.2. The van der Waals surface area contributed by atoms with E-state index in [-0.39, 0.29) is 12.3 Å². The van der Waals surface area contributed by atoms with Crippen LogP contribution in [0.1, 0.15) is 267 Å². The molecule has 7 unspecified atom stereocenters. The molecule has 0 aromatic heterocycles. The highest BCUT2D eigenvalue weighted by molar-refractivity contribution is 7.80. The van der Waals surface area contributed by atoms with E-state index < -0.39 is 63.9 Å². The molecule has 0 radical (unpaired) electrons. The Morgan fingerprint density at radius 2 is 0.970 bits per heavy atom. The zero-order valence-corrected chi connectivity index (χ0v) is 44.2. The minimum Gasteiger partial charge on any atom is -0.393 e. The molecule has 1 aliphatic rings. The number of amides is 1. The van der Waals surface area contributed by atoms with E-state index in [4.69, 9.17) is 13.7 Å². The van der Waals surface area contributed by atoms with Gasteiger partial charge >= 0.3 is 10.4 Å². The van der Waals surface area contributed by atoms with E-state index in [1.165, 1.54) is 174 Å². The van der Waals surface area contributed by atoms with Crippen LogP contribution in [0.2, 0.25) is 0 Å². The Morgan fingerprint density at radius 3 is 1.33 bits per heavy atom. The third-order valence-corrected chi connectivity index (χ3v) is 15.4. The van der Waals surface area contributed by atoms with Gasteiger partial charge < -0.3 is 35.2 Å². The quantitative estimate of drug-likeness (QED) is 0.0194. The van der Waals surface area contributed by atoms with Crippen molar-refractivity contribution in [1.82, 2.24) is 5.32 Å². The zero-order chi connectivity index (χ0) is 49.4. The highest BCUT2D eigenvalue weighted by Crippen LogP contribution is 2.56. The molecule has 392 valence electrons. The normalized spacial score (nSPS) is 25.7.